The number of rotatable bonds is 2. The minimum absolute atomic E-state index is 0.0280. The summed E-state index contributed by atoms with van der Waals surface area (Å²) in [7, 11) is -5.71. The zero-order chi connectivity index (χ0) is 15.8. The minimum Gasteiger partial charge on any atom is -0.376 e. The Hall–Kier alpha value is -1.77. The molecule has 1 aromatic carbocycles. The summed E-state index contributed by atoms with van der Waals surface area (Å²) in [5.74, 6) is -0.774. The van der Waals surface area contributed by atoms with Crippen LogP contribution in [-0.2, 0) is 21.3 Å². The van der Waals surface area contributed by atoms with Crippen molar-refractivity contribution >= 4 is 16.0 Å². The second kappa shape index (κ2) is 5.21. The topological polar surface area (TPSA) is 72.5 Å². The predicted molar refractivity (Wildman–Crippen MR) is 67.2 cm³/mol. The number of hydrogen-bond acceptors (Lipinski definition) is 4. The summed E-state index contributed by atoms with van der Waals surface area (Å²) >= 11 is 0. The predicted octanol–water partition coefficient (Wildman–Crippen LogP) is 1.69. The first-order valence-corrected chi connectivity index (χ1v) is 7.41. The minimum atomic E-state index is -5.71. The second-order valence-corrected chi connectivity index (χ2v) is 6.26. The summed E-state index contributed by atoms with van der Waals surface area (Å²) in [5.41, 5.74) is -4.28. The monoisotopic (exact) mass is 323 g/mol. The SMILES string of the molecule is CC1CNC(=O)Cc2cc(OS(=O)(=O)C(F)(F)F)ccc21. The molecule has 5 nitrogen and oxygen atoms in total. The lowest BCUT2D eigenvalue weighted by Crippen LogP contribution is -2.28. The molecule has 1 aliphatic heterocycles. The molecule has 1 atom stereocenters. The van der Waals surface area contributed by atoms with E-state index in [2.05, 4.69) is 9.50 Å². The second-order valence-electron chi connectivity index (χ2n) is 4.73. The number of halogens is 3. The van der Waals surface area contributed by atoms with Crippen molar-refractivity contribution in [3.05, 3.63) is 29.3 Å². The van der Waals surface area contributed by atoms with Gasteiger partial charge in [0.2, 0.25) is 5.91 Å². The molecule has 1 aliphatic rings. The van der Waals surface area contributed by atoms with E-state index in [-0.39, 0.29) is 18.2 Å². The van der Waals surface area contributed by atoms with Crippen LogP contribution in [0.4, 0.5) is 13.2 Å². The van der Waals surface area contributed by atoms with Crippen LogP contribution >= 0.6 is 0 Å². The van der Waals surface area contributed by atoms with Crippen LogP contribution in [0, 0.1) is 0 Å². The van der Waals surface area contributed by atoms with Crippen molar-refractivity contribution < 1.29 is 30.6 Å². The van der Waals surface area contributed by atoms with Crippen molar-refractivity contribution in [3.63, 3.8) is 0 Å². The summed E-state index contributed by atoms with van der Waals surface area (Å²) in [6.45, 7) is 2.25. The molecule has 0 fully saturated rings. The molecule has 1 N–H and O–H groups in total. The molecule has 116 valence electrons. The first-order chi connectivity index (χ1) is 9.60. The molecule has 1 amide bonds. The van der Waals surface area contributed by atoms with E-state index < -0.39 is 21.4 Å². The third-order valence-electron chi connectivity index (χ3n) is 3.09. The molecule has 0 saturated carbocycles. The van der Waals surface area contributed by atoms with Crippen LogP contribution in [0.25, 0.3) is 0 Å². The standard InChI is InChI=1S/C12H12F3NO4S/c1-7-6-16-11(17)5-8-4-9(2-3-10(7)8)20-21(18,19)12(13,14)15/h2-4,7H,5-6H2,1H3,(H,16,17). The molecule has 0 bridgehead atoms. The van der Waals surface area contributed by atoms with Gasteiger partial charge in [-0.05, 0) is 29.2 Å². The van der Waals surface area contributed by atoms with Gasteiger partial charge in [0.15, 0.2) is 0 Å². The number of carbonyl (C=O) groups is 1. The molecule has 0 saturated heterocycles. The number of alkyl halides is 3. The highest BCUT2D eigenvalue weighted by atomic mass is 32.2. The number of amides is 1. The van der Waals surface area contributed by atoms with Gasteiger partial charge in [-0.15, -0.1) is 0 Å². The molecule has 21 heavy (non-hydrogen) atoms. The van der Waals surface area contributed by atoms with Gasteiger partial charge in [-0.1, -0.05) is 13.0 Å². The van der Waals surface area contributed by atoms with E-state index >= 15 is 0 Å². The highest BCUT2D eigenvalue weighted by Gasteiger charge is 2.48. The largest absolute Gasteiger partial charge is 0.534 e. The number of benzene rings is 1. The smallest absolute Gasteiger partial charge is 0.376 e. The van der Waals surface area contributed by atoms with Crippen LogP contribution in [0.5, 0.6) is 5.75 Å². The Labute approximate surface area is 119 Å². The summed E-state index contributed by atoms with van der Waals surface area (Å²) in [5, 5.41) is 2.66. The van der Waals surface area contributed by atoms with Gasteiger partial charge in [0, 0.05) is 6.54 Å². The van der Waals surface area contributed by atoms with Crippen LogP contribution < -0.4 is 9.50 Å². The van der Waals surface area contributed by atoms with Crippen molar-refractivity contribution in [2.24, 2.45) is 0 Å². The van der Waals surface area contributed by atoms with E-state index in [4.69, 9.17) is 0 Å². The summed E-state index contributed by atoms with van der Waals surface area (Å²) in [6, 6.07) is 3.77. The fourth-order valence-electron chi connectivity index (χ4n) is 2.05. The van der Waals surface area contributed by atoms with E-state index in [1.54, 1.807) is 0 Å². The molecule has 0 radical (unpaired) electrons. The molecule has 2 rings (SSSR count). The van der Waals surface area contributed by atoms with Gasteiger partial charge in [0.1, 0.15) is 5.75 Å². The number of nitrogens with one attached hydrogen (secondary N) is 1. The Bertz CT molecular complexity index is 670. The first kappa shape index (κ1) is 15.6. The third kappa shape index (κ3) is 3.29. The Morgan fingerprint density at radius 1 is 1.33 bits per heavy atom. The van der Waals surface area contributed by atoms with E-state index in [0.29, 0.717) is 12.1 Å². The van der Waals surface area contributed by atoms with E-state index in [0.717, 1.165) is 17.7 Å². The Morgan fingerprint density at radius 3 is 2.62 bits per heavy atom. The first-order valence-electron chi connectivity index (χ1n) is 6.00. The van der Waals surface area contributed by atoms with Crippen molar-refractivity contribution in [1.29, 1.82) is 0 Å². The lowest BCUT2D eigenvalue weighted by molar-refractivity contribution is -0.120. The van der Waals surface area contributed by atoms with E-state index in [1.807, 2.05) is 6.92 Å². The summed E-state index contributed by atoms with van der Waals surface area (Å²) in [4.78, 5) is 11.5. The van der Waals surface area contributed by atoms with Gasteiger partial charge < -0.3 is 9.50 Å². The average Bonchev–Trinajstić information content (AvgIpc) is 2.47. The van der Waals surface area contributed by atoms with Gasteiger partial charge in [0.25, 0.3) is 0 Å². The van der Waals surface area contributed by atoms with Crippen molar-refractivity contribution in [2.75, 3.05) is 6.54 Å². The highest BCUT2D eigenvalue weighted by Crippen LogP contribution is 2.30. The Balaban J connectivity index is 2.35. The lowest BCUT2D eigenvalue weighted by atomic mass is 9.95. The molecular formula is C12H12F3NO4S. The molecule has 0 aliphatic carbocycles. The van der Waals surface area contributed by atoms with Gasteiger partial charge in [-0.25, -0.2) is 0 Å². The zero-order valence-corrected chi connectivity index (χ0v) is 11.7. The van der Waals surface area contributed by atoms with E-state index in [1.165, 1.54) is 6.07 Å². The molecule has 0 aromatic heterocycles. The van der Waals surface area contributed by atoms with Crippen LogP contribution in [0.3, 0.4) is 0 Å². The van der Waals surface area contributed by atoms with Gasteiger partial charge >= 0.3 is 15.6 Å². The third-order valence-corrected chi connectivity index (χ3v) is 4.07. The fraction of sp³-hybridized carbons (Fsp3) is 0.417. The molecule has 0 spiro atoms. The van der Waals surface area contributed by atoms with Crippen LogP contribution in [0.1, 0.15) is 24.0 Å². The Morgan fingerprint density at radius 2 is 2.00 bits per heavy atom. The fourth-order valence-corrected chi connectivity index (χ4v) is 2.51. The van der Waals surface area contributed by atoms with Crippen molar-refractivity contribution in [3.8, 4) is 5.75 Å². The molecule has 1 heterocycles. The highest BCUT2D eigenvalue weighted by molar-refractivity contribution is 7.88. The van der Waals surface area contributed by atoms with Crippen molar-refractivity contribution in [1.82, 2.24) is 5.32 Å². The van der Waals surface area contributed by atoms with E-state index in [9.17, 15) is 26.4 Å². The number of carbonyl (C=O) groups excluding carboxylic acids is 1. The van der Waals surface area contributed by atoms with Gasteiger partial charge in [-0.3, -0.25) is 4.79 Å². The average molecular weight is 323 g/mol. The normalized spacial score (nSPS) is 19.4. The summed E-state index contributed by atoms with van der Waals surface area (Å²) < 4.78 is 62.8. The quantitative estimate of drug-likeness (QED) is 0.664. The summed E-state index contributed by atoms with van der Waals surface area (Å²) in [6.07, 6.45) is -0.0388. The molecular weight excluding hydrogens is 311 g/mol. The maximum Gasteiger partial charge on any atom is 0.534 e. The van der Waals surface area contributed by atoms with Crippen LogP contribution in [0.2, 0.25) is 0 Å². The number of fused-ring (bicyclic) bond motifs is 1. The molecule has 1 unspecified atom stereocenters. The van der Waals surface area contributed by atoms with Crippen molar-refractivity contribution in [2.45, 2.75) is 24.8 Å². The molecule has 9 heteroatoms. The lowest BCUT2D eigenvalue weighted by Gasteiger charge is -2.14. The molecule has 1 aromatic rings. The zero-order valence-electron chi connectivity index (χ0n) is 10.9. The Kier molecular flexibility index (Phi) is 3.87. The van der Waals surface area contributed by atoms with Gasteiger partial charge in [0.05, 0.1) is 6.42 Å². The maximum atomic E-state index is 12.3. The number of hydrogen-bond donors (Lipinski definition) is 1. The maximum absolute atomic E-state index is 12.3. The van der Waals surface area contributed by atoms with Crippen LogP contribution in [0.15, 0.2) is 18.2 Å². The van der Waals surface area contributed by atoms with Gasteiger partial charge in [-0.2, -0.15) is 21.6 Å². The van der Waals surface area contributed by atoms with Crippen LogP contribution in [-0.4, -0.2) is 26.4 Å².